The number of aromatic nitrogens is 2. The monoisotopic (exact) mass is 464 g/mol. The molecule has 0 spiro atoms. The molecule has 0 radical (unpaired) electrons. The average molecular weight is 465 g/mol. The van der Waals surface area contributed by atoms with Gasteiger partial charge in [-0.2, -0.15) is 4.98 Å². The predicted octanol–water partition coefficient (Wildman–Crippen LogP) is 3.01. The van der Waals surface area contributed by atoms with Gasteiger partial charge in [0.25, 0.3) is 5.91 Å². The van der Waals surface area contributed by atoms with Crippen LogP contribution in [0.15, 0.2) is 46.3 Å². The lowest BCUT2D eigenvalue weighted by molar-refractivity contribution is -0.138. The third-order valence-corrected chi connectivity index (χ3v) is 6.66. The second kappa shape index (κ2) is 9.48. The average Bonchev–Trinajstić information content (AvgIpc) is 3.42. The number of hydrogen-bond donors (Lipinski definition) is 0. The number of sulfonamides is 1. The molecule has 3 aromatic rings. The van der Waals surface area contributed by atoms with Gasteiger partial charge in [0, 0.05) is 13.6 Å². The summed E-state index contributed by atoms with van der Waals surface area (Å²) >= 11 is 1.51. The van der Waals surface area contributed by atoms with E-state index in [1.54, 1.807) is 36.1 Å². The lowest BCUT2D eigenvalue weighted by atomic mass is 10.3. The fourth-order valence-electron chi connectivity index (χ4n) is 2.77. The van der Waals surface area contributed by atoms with Gasteiger partial charge in [-0.25, -0.2) is 8.42 Å². The molecule has 0 fully saturated rings. The molecule has 9 nitrogen and oxygen atoms in total. The van der Waals surface area contributed by atoms with E-state index in [-0.39, 0.29) is 12.5 Å². The Kier molecular flexibility index (Phi) is 6.96. The summed E-state index contributed by atoms with van der Waals surface area (Å²) in [6, 6.07) is 10.3. The van der Waals surface area contributed by atoms with Gasteiger partial charge in [0.05, 0.1) is 16.8 Å². The molecule has 2 aromatic heterocycles. The molecule has 2 heterocycles. The molecule has 0 unspecified atom stereocenters. The van der Waals surface area contributed by atoms with Crippen LogP contribution in [0.5, 0.6) is 5.75 Å². The number of rotatable bonds is 9. The molecule has 1 atom stereocenters. The number of carbonyl (C=O) groups excluding carboxylic acids is 1. The number of benzene rings is 1. The van der Waals surface area contributed by atoms with Gasteiger partial charge in [-0.05, 0) is 49.6 Å². The Morgan fingerprint density at radius 2 is 1.97 bits per heavy atom. The van der Waals surface area contributed by atoms with Crippen molar-refractivity contribution in [3.63, 3.8) is 0 Å². The molecule has 11 heteroatoms. The van der Waals surface area contributed by atoms with Crippen molar-refractivity contribution in [2.45, 2.75) is 26.5 Å². The zero-order valence-corrected chi connectivity index (χ0v) is 19.3. The first-order valence-corrected chi connectivity index (χ1v) is 12.3. The maximum absolute atomic E-state index is 12.9. The summed E-state index contributed by atoms with van der Waals surface area (Å²) < 4.78 is 35.5. The van der Waals surface area contributed by atoms with E-state index in [0.717, 1.165) is 11.1 Å². The quantitative estimate of drug-likeness (QED) is 0.479. The van der Waals surface area contributed by atoms with Gasteiger partial charge >= 0.3 is 0 Å². The van der Waals surface area contributed by atoms with Crippen molar-refractivity contribution < 1.29 is 22.5 Å². The van der Waals surface area contributed by atoms with Gasteiger partial charge in [-0.1, -0.05) is 11.2 Å². The minimum Gasteiger partial charge on any atom is -0.481 e. The zero-order chi connectivity index (χ0) is 22.6. The molecular formula is C20H24N4O5S2. The van der Waals surface area contributed by atoms with Crippen LogP contribution in [-0.2, 0) is 21.4 Å². The van der Waals surface area contributed by atoms with E-state index in [1.807, 2.05) is 24.4 Å². The van der Waals surface area contributed by atoms with Crippen LogP contribution in [0.3, 0.4) is 0 Å². The van der Waals surface area contributed by atoms with E-state index < -0.39 is 16.1 Å². The molecule has 31 heavy (non-hydrogen) atoms. The summed E-state index contributed by atoms with van der Waals surface area (Å²) in [6.45, 7) is 4.14. The fourth-order valence-corrected chi connectivity index (χ4v) is 3.93. The maximum Gasteiger partial charge on any atom is 0.263 e. The second-order valence-corrected chi connectivity index (χ2v) is 9.79. The Morgan fingerprint density at radius 3 is 2.55 bits per heavy atom. The molecule has 1 aromatic carbocycles. The highest BCUT2D eigenvalue weighted by Gasteiger charge is 2.23. The summed E-state index contributed by atoms with van der Waals surface area (Å²) in [7, 11) is -1.88. The SMILES string of the molecule is CCN(Cc1nc(-c2cccs2)no1)C(=O)[C@@H](C)Oc1ccc(N(C)S(C)(=O)=O)cc1. The number of likely N-dealkylation sites (N-methyl/N-ethyl adjacent to an activating group) is 1. The van der Waals surface area contributed by atoms with E-state index in [9.17, 15) is 13.2 Å². The van der Waals surface area contributed by atoms with Crippen molar-refractivity contribution in [3.05, 3.63) is 47.7 Å². The van der Waals surface area contributed by atoms with Crippen LogP contribution in [-0.4, -0.2) is 55.3 Å². The molecule has 0 bridgehead atoms. The topological polar surface area (TPSA) is 106 Å². The molecule has 0 aliphatic rings. The Bertz CT molecular complexity index is 1110. The van der Waals surface area contributed by atoms with Crippen molar-refractivity contribution in [2.24, 2.45) is 0 Å². The van der Waals surface area contributed by atoms with Crippen LogP contribution >= 0.6 is 11.3 Å². The Morgan fingerprint density at radius 1 is 1.26 bits per heavy atom. The van der Waals surface area contributed by atoms with Crippen LogP contribution in [0.25, 0.3) is 10.7 Å². The molecule has 0 saturated carbocycles. The maximum atomic E-state index is 12.9. The molecule has 0 aliphatic heterocycles. The number of carbonyl (C=O) groups is 1. The Labute approximate surface area is 185 Å². The van der Waals surface area contributed by atoms with Crippen LogP contribution in [0, 0.1) is 0 Å². The van der Waals surface area contributed by atoms with E-state index in [4.69, 9.17) is 9.26 Å². The number of ether oxygens (including phenoxy) is 1. The third kappa shape index (κ3) is 5.61. The van der Waals surface area contributed by atoms with E-state index in [1.165, 1.54) is 22.7 Å². The number of anilines is 1. The summed E-state index contributed by atoms with van der Waals surface area (Å²) in [6.07, 6.45) is 0.378. The van der Waals surface area contributed by atoms with E-state index in [0.29, 0.717) is 29.7 Å². The van der Waals surface area contributed by atoms with Crippen molar-refractivity contribution in [2.75, 3.05) is 24.2 Å². The highest BCUT2D eigenvalue weighted by atomic mass is 32.2. The van der Waals surface area contributed by atoms with Gasteiger partial charge < -0.3 is 14.2 Å². The number of nitrogens with zero attached hydrogens (tertiary/aromatic N) is 4. The second-order valence-electron chi connectivity index (χ2n) is 6.83. The summed E-state index contributed by atoms with van der Waals surface area (Å²) in [5.41, 5.74) is 0.502. The standard InChI is InChI=1S/C20H24N4O5S2/c1-5-24(13-18-21-19(22-29-18)17-7-6-12-30-17)20(25)14(2)28-16-10-8-15(9-11-16)23(3)31(4,26)27/h6-12,14H,5,13H2,1-4H3/t14-/m1/s1. The Balaban J connectivity index is 1.62. The Hall–Kier alpha value is -2.92. The molecule has 0 saturated heterocycles. The first kappa shape index (κ1) is 22.8. The van der Waals surface area contributed by atoms with Crippen LogP contribution in [0.2, 0.25) is 0 Å². The van der Waals surface area contributed by atoms with Gasteiger partial charge in [-0.3, -0.25) is 9.10 Å². The molecule has 0 aliphatic carbocycles. The number of amides is 1. The summed E-state index contributed by atoms with van der Waals surface area (Å²) in [5.74, 6) is 1.08. The zero-order valence-electron chi connectivity index (χ0n) is 17.7. The summed E-state index contributed by atoms with van der Waals surface area (Å²) in [4.78, 5) is 19.7. The van der Waals surface area contributed by atoms with Gasteiger partial charge in [0.2, 0.25) is 21.7 Å². The van der Waals surface area contributed by atoms with Crippen molar-refractivity contribution >= 4 is 33.0 Å². The van der Waals surface area contributed by atoms with Gasteiger partial charge in [0.1, 0.15) is 12.3 Å². The lowest BCUT2D eigenvalue weighted by Crippen LogP contribution is -2.40. The number of thiophene rings is 1. The van der Waals surface area contributed by atoms with Crippen LogP contribution < -0.4 is 9.04 Å². The minimum atomic E-state index is -3.35. The van der Waals surface area contributed by atoms with Gasteiger partial charge in [-0.15, -0.1) is 11.3 Å². The highest BCUT2D eigenvalue weighted by Crippen LogP contribution is 2.23. The van der Waals surface area contributed by atoms with E-state index in [2.05, 4.69) is 10.1 Å². The predicted molar refractivity (Wildman–Crippen MR) is 118 cm³/mol. The van der Waals surface area contributed by atoms with Crippen molar-refractivity contribution in [1.82, 2.24) is 15.0 Å². The van der Waals surface area contributed by atoms with E-state index >= 15 is 0 Å². The first-order valence-electron chi connectivity index (χ1n) is 9.55. The third-order valence-electron chi connectivity index (χ3n) is 4.59. The van der Waals surface area contributed by atoms with Crippen molar-refractivity contribution in [3.8, 4) is 16.5 Å². The number of hydrogen-bond acceptors (Lipinski definition) is 8. The molecule has 3 rings (SSSR count). The van der Waals surface area contributed by atoms with Crippen LogP contribution in [0.4, 0.5) is 5.69 Å². The minimum absolute atomic E-state index is 0.180. The van der Waals surface area contributed by atoms with Gasteiger partial charge in [0.15, 0.2) is 6.10 Å². The van der Waals surface area contributed by atoms with Crippen LogP contribution in [0.1, 0.15) is 19.7 Å². The smallest absolute Gasteiger partial charge is 0.263 e. The fraction of sp³-hybridized carbons (Fsp3) is 0.350. The lowest BCUT2D eigenvalue weighted by Gasteiger charge is -2.23. The van der Waals surface area contributed by atoms with Crippen molar-refractivity contribution in [1.29, 1.82) is 0 Å². The highest BCUT2D eigenvalue weighted by molar-refractivity contribution is 7.92. The largest absolute Gasteiger partial charge is 0.481 e. The molecule has 166 valence electrons. The summed E-state index contributed by atoms with van der Waals surface area (Å²) in [5, 5.41) is 5.89. The molecule has 0 N–H and O–H groups in total. The first-order chi connectivity index (χ1) is 14.7. The molecular weight excluding hydrogens is 440 g/mol. The molecule has 1 amide bonds. The normalized spacial score (nSPS) is 12.4.